The fraction of sp³-hybridized carbons (Fsp3) is 0.0588. The largest absolute Gasteiger partial charge is 0.398 e. The summed E-state index contributed by atoms with van der Waals surface area (Å²) in [5.41, 5.74) is 61.8. The van der Waals surface area contributed by atoms with E-state index in [9.17, 15) is 0 Å². The molecule has 0 bridgehead atoms. The lowest BCUT2D eigenvalue weighted by molar-refractivity contribution is 1.47. The summed E-state index contributed by atoms with van der Waals surface area (Å²) in [5.74, 6) is 0. The first-order chi connectivity index (χ1) is 12.1. The molecular formula is C17H21N9. The molecule has 0 aliphatic heterocycles. The molecule has 1 aliphatic rings. The van der Waals surface area contributed by atoms with Gasteiger partial charge >= 0.3 is 0 Å². The van der Waals surface area contributed by atoms with Gasteiger partial charge in [-0.15, -0.1) is 0 Å². The van der Waals surface area contributed by atoms with Gasteiger partial charge in [-0.3, -0.25) is 0 Å². The third kappa shape index (κ3) is 1.41. The van der Waals surface area contributed by atoms with Gasteiger partial charge in [-0.1, -0.05) is 0 Å². The van der Waals surface area contributed by atoms with Crippen molar-refractivity contribution in [2.45, 2.75) is 6.92 Å². The summed E-state index contributed by atoms with van der Waals surface area (Å²) in [6.07, 6.45) is 0. The SMILES string of the molecule is Cc1c(N)c(N)c2c(c1N)-c1c(N)c(N)c(N)c3c(N)c(N)c(N)c-2c13. The van der Waals surface area contributed by atoms with Crippen LogP contribution in [0.4, 0.5) is 51.2 Å². The van der Waals surface area contributed by atoms with Crippen molar-refractivity contribution in [1.29, 1.82) is 0 Å². The van der Waals surface area contributed by atoms with Crippen LogP contribution in [0.5, 0.6) is 0 Å². The molecule has 0 amide bonds. The maximum atomic E-state index is 6.37. The number of fused-ring (bicyclic) bond motifs is 3. The van der Waals surface area contributed by atoms with Crippen LogP contribution >= 0.6 is 0 Å². The van der Waals surface area contributed by atoms with Crippen molar-refractivity contribution in [3.63, 3.8) is 0 Å². The minimum absolute atomic E-state index is 0.194. The Morgan fingerprint density at radius 2 is 0.731 bits per heavy atom. The van der Waals surface area contributed by atoms with Crippen molar-refractivity contribution >= 4 is 62.0 Å². The Hall–Kier alpha value is -3.88. The lowest BCUT2D eigenvalue weighted by Gasteiger charge is -2.17. The maximum absolute atomic E-state index is 6.37. The van der Waals surface area contributed by atoms with E-state index in [4.69, 9.17) is 51.6 Å². The van der Waals surface area contributed by atoms with Crippen molar-refractivity contribution in [3.8, 4) is 22.3 Å². The smallest absolute Gasteiger partial charge is 0.0795 e. The van der Waals surface area contributed by atoms with Gasteiger partial charge in [0.2, 0.25) is 0 Å². The van der Waals surface area contributed by atoms with Crippen LogP contribution in [0.15, 0.2) is 0 Å². The maximum Gasteiger partial charge on any atom is 0.0795 e. The van der Waals surface area contributed by atoms with Gasteiger partial charge in [0.15, 0.2) is 0 Å². The molecule has 1 aliphatic carbocycles. The summed E-state index contributed by atoms with van der Waals surface area (Å²) in [6, 6.07) is 0. The van der Waals surface area contributed by atoms with E-state index >= 15 is 0 Å². The van der Waals surface area contributed by atoms with Crippen LogP contribution in [0.25, 0.3) is 33.0 Å². The van der Waals surface area contributed by atoms with Crippen LogP contribution in [0.1, 0.15) is 5.56 Å². The zero-order valence-corrected chi connectivity index (χ0v) is 14.2. The van der Waals surface area contributed by atoms with E-state index in [0.29, 0.717) is 55.7 Å². The third-order valence-electron chi connectivity index (χ3n) is 5.37. The summed E-state index contributed by atoms with van der Waals surface area (Å²) in [4.78, 5) is 0. The second kappa shape index (κ2) is 4.39. The molecule has 0 spiro atoms. The molecular weight excluding hydrogens is 330 g/mol. The molecule has 0 atom stereocenters. The van der Waals surface area contributed by atoms with Gasteiger partial charge in [0.05, 0.1) is 45.5 Å². The standard InChI is InChI=1S/C17H21N9/c1-2-9(18)6-4-3-5(7(6)11(20)10(2)19)13(22)17(26)15(24)8(3)14(23)16(25)12(4)21/h18-26H2,1H3. The molecule has 0 unspecified atom stereocenters. The molecule has 9 heteroatoms. The molecule has 0 aromatic heterocycles. The first-order valence-corrected chi connectivity index (χ1v) is 7.85. The monoisotopic (exact) mass is 351 g/mol. The van der Waals surface area contributed by atoms with Gasteiger partial charge in [0, 0.05) is 38.7 Å². The zero-order chi connectivity index (χ0) is 19.2. The van der Waals surface area contributed by atoms with Crippen LogP contribution in [-0.2, 0) is 0 Å². The minimum atomic E-state index is 0.194. The predicted octanol–water partition coefficient (Wildman–Crippen LogP) is 1.04. The number of rotatable bonds is 0. The Kier molecular flexibility index (Phi) is 2.64. The molecule has 134 valence electrons. The van der Waals surface area contributed by atoms with Crippen LogP contribution in [-0.4, -0.2) is 0 Å². The summed E-state index contributed by atoms with van der Waals surface area (Å²) < 4.78 is 0. The first kappa shape index (κ1) is 15.6. The molecule has 9 nitrogen and oxygen atoms in total. The summed E-state index contributed by atoms with van der Waals surface area (Å²) in [6.45, 7) is 1.78. The lowest BCUT2D eigenvalue weighted by Crippen LogP contribution is -2.07. The average molecular weight is 351 g/mol. The molecule has 0 saturated carbocycles. The van der Waals surface area contributed by atoms with Crippen molar-refractivity contribution in [2.24, 2.45) is 0 Å². The average Bonchev–Trinajstić information content (AvgIpc) is 2.96. The van der Waals surface area contributed by atoms with E-state index < -0.39 is 0 Å². The van der Waals surface area contributed by atoms with E-state index in [2.05, 4.69) is 0 Å². The van der Waals surface area contributed by atoms with Crippen LogP contribution < -0.4 is 51.6 Å². The van der Waals surface area contributed by atoms with Crippen molar-refractivity contribution in [2.75, 3.05) is 51.6 Å². The number of hydrogen-bond donors (Lipinski definition) is 9. The Bertz CT molecular complexity index is 1090. The van der Waals surface area contributed by atoms with Crippen LogP contribution in [0.2, 0.25) is 0 Å². The van der Waals surface area contributed by atoms with E-state index in [1.807, 2.05) is 0 Å². The molecule has 0 saturated heterocycles. The van der Waals surface area contributed by atoms with Crippen molar-refractivity contribution in [1.82, 2.24) is 0 Å². The van der Waals surface area contributed by atoms with E-state index in [-0.39, 0.29) is 34.1 Å². The third-order valence-corrected chi connectivity index (χ3v) is 5.37. The topological polar surface area (TPSA) is 234 Å². The Morgan fingerprint density at radius 3 is 1.19 bits per heavy atom. The number of anilines is 9. The molecule has 0 fully saturated rings. The van der Waals surface area contributed by atoms with Gasteiger partial charge in [-0.25, -0.2) is 0 Å². The predicted molar refractivity (Wildman–Crippen MR) is 113 cm³/mol. The van der Waals surface area contributed by atoms with Gasteiger partial charge < -0.3 is 51.6 Å². The fourth-order valence-corrected chi connectivity index (χ4v) is 3.86. The number of nitrogens with two attached hydrogens (primary N) is 9. The molecule has 3 aromatic rings. The quantitative estimate of drug-likeness (QED) is 0.205. The summed E-state index contributed by atoms with van der Waals surface area (Å²) in [5, 5.41) is 1.12. The van der Waals surface area contributed by atoms with Gasteiger partial charge in [-0.2, -0.15) is 0 Å². The highest BCUT2D eigenvalue weighted by Crippen LogP contribution is 2.62. The lowest BCUT2D eigenvalue weighted by atomic mass is 9.94. The number of nitrogen functional groups attached to an aromatic ring is 9. The van der Waals surface area contributed by atoms with Gasteiger partial charge in [-0.05, 0) is 12.5 Å². The van der Waals surface area contributed by atoms with Crippen molar-refractivity contribution < 1.29 is 0 Å². The summed E-state index contributed by atoms with van der Waals surface area (Å²) >= 11 is 0. The minimum Gasteiger partial charge on any atom is -0.398 e. The molecule has 18 N–H and O–H groups in total. The normalized spacial score (nSPS) is 11.9. The molecule has 4 rings (SSSR count). The molecule has 3 aromatic carbocycles. The highest BCUT2D eigenvalue weighted by Gasteiger charge is 2.35. The summed E-state index contributed by atoms with van der Waals surface area (Å²) in [7, 11) is 0. The highest BCUT2D eigenvalue weighted by atomic mass is 14.8. The number of hydrogen-bond acceptors (Lipinski definition) is 9. The van der Waals surface area contributed by atoms with Gasteiger partial charge in [0.1, 0.15) is 0 Å². The van der Waals surface area contributed by atoms with Crippen LogP contribution in [0, 0.1) is 6.92 Å². The highest BCUT2D eigenvalue weighted by molar-refractivity contribution is 6.34. The molecule has 0 radical (unpaired) electrons. The zero-order valence-electron chi connectivity index (χ0n) is 14.2. The molecule has 0 heterocycles. The second-order valence-corrected chi connectivity index (χ2v) is 6.60. The van der Waals surface area contributed by atoms with Gasteiger partial charge in [0.25, 0.3) is 0 Å². The Balaban J connectivity index is 2.45. The van der Waals surface area contributed by atoms with E-state index in [1.165, 1.54) is 0 Å². The van der Waals surface area contributed by atoms with Crippen molar-refractivity contribution in [3.05, 3.63) is 5.56 Å². The first-order valence-electron chi connectivity index (χ1n) is 7.85. The number of benzene rings is 3. The van der Waals surface area contributed by atoms with E-state index in [1.54, 1.807) is 6.92 Å². The van der Waals surface area contributed by atoms with Crippen LogP contribution in [0.3, 0.4) is 0 Å². The Labute approximate surface area is 149 Å². The second-order valence-electron chi connectivity index (χ2n) is 6.60. The molecule has 26 heavy (non-hydrogen) atoms. The van der Waals surface area contributed by atoms with E-state index in [0.717, 1.165) is 0 Å². The fourth-order valence-electron chi connectivity index (χ4n) is 3.86. The Morgan fingerprint density at radius 1 is 0.346 bits per heavy atom.